The van der Waals surface area contributed by atoms with Crippen molar-refractivity contribution in [1.29, 1.82) is 0 Å². The monoisotopic (exact) mass is 290 g/mol. The molecule has 0 spiro atoms. The van der Waals surface area contributed by atoms with Gasteiger partial charge in [-0.25, -0.2) is 0 Å². The summed E-state index contributed by atoms with van der Waals surface area (Å²) in [6, 6.07) is 6.34. The molecule has 0 saturated heterocycles. The van der Waals surface area contributed by atoms with Crippen LogP contribution in [0.5, 0.6) is 0 Å². The number of carbonyl (C=O) groups is 1. The summed E-state index contributed by atoms with van der Waals surface area (Å²) in [5, 5.41) is 15.9. The van der Waals surface area contributed by atoms with E-state index in [1.807, 2.05) is 26.8 Å². The van der Waals surface area contributed by atoms with Crippen molar-refractivity contribution in [2.75, 3.05) is 11.9 Å². The third kappa shape index (κ3) is 3.27. The zero-order valence-corrected chi connectivity index (χ0v) is 13.4. The molecule has 0 aliphatic carbocycles. The second-order valence-electron chi connectivity index (χ2n) is 6.41. The number of amides is 1. The van der Waals surface area contributed by atoms with E-state index in [9.17, 15) is 9.90 Å². The van der Waals surface area contributed by atoms with E-state index in [1.54, 1.807) is 0 Å². The van der Waals surface area contributed by atoms with Crippen LogP contribution in [0.15, 0.2) is 18.2 Å². The first-order chi connectivity index (χ1) is 9.86. The Balaban J connectivity index is 2.05. The van der Waals surface area contributed by atoms with Crippen LogP contribution in [0.2, 0.25) is 0 Å². The second-order valence-corrected chi connectivity index (χ2v) is 6.41. The molecule has 2 unspecified atom stereocenters. The Hall–Kier alpha value is -1.39. The van der Waals surface area contributed by atoms with Gasteiger partial charge >= 0.3 is 0 Å². The minimum Gasteiger partial charge on any atom is -0.393 e. The van der Waals surface area contributed by atoms with Crippen molar-refractivity contribution in [3.63, 3.8) is 0 Å². The predicted octanol–water partition coefficient (Wildman–Crippen LogP) is 2.73. The highest BCUT2D eigenvalue weighted by molar-refractivity contribution is 6.05. The molecule has 0 radical (unpaired) electrons. The van der Waals surface area contributed by atoms with Crippen LogP contribution in [-0.4, -0.2) is 23.7 Å². The molecule has 1 heterocycles. The summed E-state index contributed by atoms with van der Waals surface area (Å²) in [5.41, 5.74) is 2.68. The predicted molar refractivity (Wildman–Crippen MR) is 85.4 cm³/mol. The maximum Gasteiger partial charge on any atom is 0.234 e. The summed E-state index contributed by atoms with van der Waals surface area (Å²) in [7, 11) is 0. The Morgan fingerprint density at radius 1 is 1.38 bits per heavy atom. The van der Waals surface area contributed by atoms with E-state index >= 15 is 0 Å². The average Bonchev–Trinajstić information content (AvgIpc) is 2.68. The molecule has 116 valence electrons. The van der Waals surface area contributed by atoms with Crippen LogP contribution in [0.4, 0.5) is 5.69 Å². The van der Waals surface area contributed by atoms with Gasteiger partial charge in [0.1, 0.15) is 0 Å². The smallest absolute Gasteiger partial charge is 0.234 e. The zero-order chi connectivity index (χ0) is 15.6. The lowest BCUT2D eigenvalue weighted by Crippen LogP contribution is -2.27. The number of anilines is 1. The summed E-state index contributed by atoms with van der Waals surface area (Å²) in [6.45, 7) is 8.78. The van der Waals surface area contributed by atoms with Gasteiger partial charge in [0, 0.05) is 11.7 Å². The number of nitrogens with one attached hydrogen (secondary N) is 2. The number of hydrogen-bond acceptors (Lipinski definition) is 3. The molecule has 1 aromatic rings. The van der Waals surface area contributed by atoms with Crippen molar-refractivity contribution in [2.45, 2.75) is 58.1 Å². The van der Waals surface area contributed by atoms with Gasteiger partial charge in [-0.05, 0) is 57.4 Å². The van der Waals surface area contributed by atoms with Gasteiger partial charge < -0.3 is 15.7 Å². The number of carbonyl (C=O) groups excluding carboxylic acids is 1. The van der Waals surface area contributed by atoms with Gasteiger partial charge in [-0.15, -0.1) is 0 Å². The summed E-state index contributed by atoms with van der Waals surface area (Å²) in [4.78, 5) is 12.0. The van der Waals surface area contributed by atoms with Gasteiger partial charge in [-0.1, -0.05) is 19.1 Å². The van der Waals surface area contributed by atoms with E-state index in [-0.39, 0.29) is 18.1 Å². The lowest BCUT2D eigenvalue weighted by molar-refractivity contribution is -0.119. The van der Waals surface area contributed by atoms with E-state index in [0.29, 0.717) is 0 Å². The third-order valence-corrected chi connectivity index (χ3v) is 4.43. The van der Waals surface area contributed by atoms with Gasteiger partial charge in [0.05, 0.1) is 11.5 Å². The van der Waals surface area contributed by atoms with Crippen LogP contribution in [-0.2, 0) is 10.2 Å². The Labute approximate surface area is 126 Å². The molecule has 1 amide bonds. The summed E-state index contributed by atoms with van der Waals surface area (Å²) in [5.74, 6) is 0.0568. The molecule has 21 heavy (non-hydrogen) atoms. The van der Waals surface area contributed by atoms with Gasteiger partial charge in [-0.3, -0.25) is 4.79 Å². The lowest BCUT2D eigenvalue weighted by atomic mass is 9.85. The fraction of sp³-hybridized carbons (Fsp3) is 0.588. The molecule has 0 fully saturated rings. The van der Waals surface area contributed by atoms with Crippen LogP contribution in [0, 0.1) is 0 Å². The minimum atomic E-state index is -0.469. The molecule has 1 aliphatic heterocycles. The Kier molecular flexibility index (Phi) is 4.69. The molecule has 1 aromatic carbocycles. The van der Waals surface area contributed by atoms with Crippen LogP contribution in [0.25, 0.3) is 0 Å². The van der Waals surface area contributed by atoms with Crippen molar-refractivity contribution in [2.24, 2.45) is 0 Å². The van der Waals surface area contributed by atoms with Crippen LogP contribution >= 0.6 is 0 Å². The third-order valence-electron chi connectivity index (χ3n) is 4.43. The highest BCUT2D eigenvalue weighted by atomic mass is 16.3. The SMILES string of the molecule is CCC(O)CCNC(C)c1ccc2c(c1)C(C)(C)C(=O)N2. The number of rotatable bonds is 6. The number of aliphatic hydroxyl groups is 1. The highest BCUT2D eigenvalue weighted by Gasteiger charge is 2.38. The van der Waals surface area contributed by atoms with Crippen LogP contribution in [0.3, 0.4) is 0 Å². The quantitative estimate of drug-likeness (QED) is 0.755. The maximum absolute atomic E-state index is 12.0. The lowest BCUT2D eigenvalue weighted by Gasteiger charge is -2.19. The first-order valence-corrected chi connectivity index (χ1v) is 7.73. The largest absolute Gasteiger partial charge is 0.393 e. The molecule has 3 N–H and O–H groups in total. The fourth-order valence-electron chi connectivity index (χ4n) is 2.65. The van der Waals surface area contributed by atoms with E-state index in [1.165, 1.54) is 5.56 Å². The second kappa shape index (κ2) is 6.16. The number of hydrogen-bond donors (Lipinski definition) is 3. The molecule has 0 bridgehead atoms. The fourth-order valence-corrected chi connectivity index (χ4v) is 2.65. The molecule has 4 nitrogen and oxygen atoms in total. The van der Waals surface area contributed by atoms with Gasteiger partial charge in [-0.2, -0.15) is 0 Å². The summed E-state index contributed by atoms with van der Waals surface area (Å²) < 4.78 is 0. The van der Waals surface area contributed by atoms with E-state index < -0.39 is 5.41 Å². The Bertz CT molecular complexity index is 526. The molecule has 2 rings (SSSR count). The number of benzene rings is 1. The van der Waals surface area contributed by atoms with Crippen molar-refractivity contribution < 1.29 is 9.90 Å². The summed E-state index contributed by atoms with van der Waals surface area (Å²) >= 11 is 0. The molecular formula is C17H26N2O2. The zero-order valence-electron chi connectivity index (χ0n) is 13.4. The minimum absolute atomic E-state index is 0.0568. The van der Waals surface area contributed by atoms with Crippen LogP contribution in [0.1, 0.15) is 57.7 Å². The molecular weight excluding hydrogens is 264 g/mol. The maximum atomic E-state index is 12.0. The summed E-state index contributed by atoms with van der Waals surface area (Å²) in [6.07, 6.45) is 1.32. The van der Waals surface area contributed by atoms with Crippen molar-refractivity contribution in [3.8, 4) is 0 Å². The molecule has 2 atom stereocenters. The van der Waals surface area contributed by atoms with Gasteiger partial charge in [0.2, 0.25) is 5.91 Å². The van der Waals surface area contributed by atoms with E-state index in [2.05, 4.69) is 29.7 Å². The highest BCUT2D eigenvalue weighted by Crippen LogP contribution is 2.38. The number of aliphatic hydroxyl groups excluding tert-OH is 1. The molecule has 1 aliphatic rings. The number of fused-ring (bicyclic) bond motifs is 1. The average molecular weight is 290 g/mol. The van der Waals surface area contributed by atoms with Crippen molar-refractivity contribution in [3.05, 3.63) is 29.3 Å². The first kappa shape index (κ1) is 16.0. The Morgan fingerprint density at radius 3 is 2.76 bits per heavy atom. The van der Waals surface area contributed by atoms with Gasteiger partial charge in [0.15, 0.2) is 0 Å². The van der Waals surface area contributed by atoms with E-state index in [4.69, 9.17) is 0 Å². The van der Waals surface area contributed by atoms with Crippen molar-refractivity contribution >= 4 is 11.6 Å². The topological polar surface area (TPSA) is 61.4 Å². The molecule has 0 saturated carbocycles. The molecule has 4 heteroatoms. The van der Waals surface area contributed by atoms with E-state index in [0.717, 1.165) is 30.6 Å². The standard InChI is InChI=1S/C17H26N2O2/c1-5-13(20)8-9-18-11(2)12-6-7-15-14(10-12)17(3,4)16(21)19-15/h6-7,10-11,13,18,20H,5,8-9H2,1-4H3,(H,19,21). The normalized spacial score (nSPS) is 19.0. The van der Waals surface area contributed by atoms with Crippen LogP contribution < -0.4 is 10.6 Å². The molecule has 0 aromatic heterocycles. The van der Waals surface area contributed by atoms with Crippen molar-refractivity contribution in [1.82, 2.24) is 5.32 Å². The Morgan fingerprint density at radius 2 is 2.10 bits per heavy atom. The first-order valence-electron chi connectivity index (χ1n) is 7.73. The van der Waals surface area contributed by atoms with Gasteiger partial charge in [0.25, 0.3) is 0 Å².